The van der Waals surface area contributed by atoms with E-state index in [1.807, 2.05) is 0 Å². The molecule has 1 aromatic rings. The van der Waals surface area contributed by atoms with Gasteiger partial charge in [-0.05, 0) is 24.3 Å². The van der Waals surface area contributed by atoms with Crippen molar-refractivity contribution in [3.05, 3.63) is 35.9 Å². The molecule has 1 heterocycles. The summed E-state index contributed by atoms with van der Waals surface area (Å²) in [4.78, 5) is 0. The molecule has 0 amide bonds. The van der Waals surface area contributed by atoms with Crippen molar-refractivity contribution in [1.29, 1.82) is 0 Å². The minimum Gasteiger partial charge on any atom is -0.309 e. The van der Waals surface area contributed by atoms with Crippen molar-refractivity contribution >= 4 is 11.8 Å². The third kappa shape index (κ3) is 2.48. The van der Waals surface area contributed by atoms with Crippen molar-refractivity contribution < 1.29 is 0 Å². The fourth-order valence-corrected chi connectivity index (χ4v) is 2.67. The molecule has 1 unspecified atom stereocenters. The minimum atomic E-state index is 0.564. The molecule has 1 aliphatic rings. The summed E-state index contributed by atoms with van der Waals surface area (Å²) in [5, 5.41) is 3.58. The van der Waals surface area contributed by atoms with Crippen LogP contribution in [0.1, 0.15) is 18.0 Å². The van der Waals surface area contributed by atoms with Gasteiger partial charge in [-0.25, -0.2) is 0 Å². The van der Waals surface area contributed by atoms with Crippen molar-refractivity contribution in [2.24, 2.45) is 0 Å². The topological polar surface area (TPSA) is 12.0 Å². The van der Waals surface area contributed by atoms with Crippen LogP contribution in [0.3, 0.4) is 0 Å². The van der Waals surface area contributed by atoms with Gasteiger partial charge < -0.3 is 5.32 Å². The summed E-state index contributed by atoms with van der Waals surface area (Å²) in [6.45, 7) is 1.16. The van der Waals surface area contributed by atoms with Gasteiger partial charge in [0.25, 0.3) is 0 Å². The van der Waals surface area contributed by atoms with Crippen LogP contribution in [0.4, 0.5) is 0 Å². The highest BCUT2D eigenvalue weighted by Crippen LogP contribution is 2.20. The molecule has 13 heavy (non-hydrogen) atoms. The molecule has 1 atom stereocenters. The molecule has 1 fully saturated rings. The summed E-state index contributed by atoms with van der Waals surface area (Å²) in [6.07, 6.45) is 1.30. The predicted molar refractivity (Wildman–Crippen MR) is 59.1 cm³/mol. The van der Waals surface area contributed by atoms with Gasteiger partial charge in [-0.15, -0.1) is 0 Å². The van der Waals surface area contributed by atoms with E-state index in [-0.39, 0.29) is 0 Å². The van der Waals surface area contributed by atoms with Crippen molar-refractivity contribution in [2.45, 2.75) is 12.5 Å². The molecular weight excluding hydrogens is 178 g/mol. The Balaban J connectivity index is 2.06. The largest absolute Gasteiger partial charge is 0.309 e. The molecule has 0 spiro atoms. The highest BCUT2D eigenvalue weighted by molar-refractivity contribution is 7.99. The Morgan fingerprint density at radius 2 is 2.08 bits per heavy atom. The maximum absolute atomic E-state index is 3.58. The van der Waals surface area contributed by atoms with Gasteiger partial charge in [0.2, 0.25) is 0 Å². The first-order valence-corrected chi connectivity index (χ1v) is 5.98. The number of hydrogen-bond donors (Lipinski definition) is 1. The van der Waals surface area contributed by atoms with Gasteiger partial charge in [0, 0.05) is 11.8 Å². The molecule has 1 nitrogen and oxygen atoms in total. The Kier molecular flexibility index (Phi) is 3.27. The Labute approximate surface area is 83.9 Å². The quantitative estimate of drug-likeness (QED) is 0.735. The number of nitrogens with one attached hydrogen (secondary N) is 1. The fraction of sp³-hybridized carbons (Fsp3) is 0.455. The van der Waals surface area contributed by atoms with Crippen LogP contribution in [-0.4, -0.2) is 18.1 Å². The second-order valence-electron chi connectivity index (χ2n) is 3.35. The summed E-state index contributed by atoms with van der Waals surface area (Å²) in [5.74, 6) is 2.51. The lowest BCUT2D eigenvalue weighted by Crippen LogP contribution is -2.22. The first-order chi connectivity index (χ1) is 6.47. The first-order valence-electron chi connectivity index (χ1n) is 4.83. The maximum Gasteiger partial charge on any atom is 0.0411 e. The van der Waals surface area contributed by atoms with Crippen LogP contribution in [0.2, 0.25) is 0 Å². The molecule has 0 aliphatic carbocycles. The maximum atomic E-state index is 3.58. The third-order valence-electron chi connectivity index (χ3n) is 2.34. The molecular formula is C11H15NS. The second kappa shape index (κ2) is 4.68. The molecule has 0 saturated carbocycles. The zero-order chi connectivity index (χ0) is 8.93. The molecule has 1 saturated heterocycles. The van der Waals surface area contributed by atoms with E-state index in [2.05, 4.69) is 47.4 Å². The van der Waals surface area contributed by atoms with Crippen molar-refractivity contribution in [1.82, 2.24) is 5.32 Å². The van der Waals surface area contributed by atoms with E-state index in [4.69, 9.17) is 0 Å². The lowest BCUT2D eigenvalue weighted by molar-refractivity contribution is 0.590. The Morgan fingerprint density at radius 1 is 1.23 bits per heavy atom. The summed E-state index contributed by atoms with van der Waals surface area (Å²) in [6, 6.07) is 11.3. The smallest absolute Gasteiger partial charge is 0.0411 e. The zero-order valence-electron chi connectivity index (χ0n) is 7.70. The van der Waals surface area contributed by atoms with Gasteiger partial charge in [-0.3, -0.25) is 0 Å². The van der Waals surface area contributed by atoms with E-state index < -0.39 is 0 Å². The van der Waals surface area contributed by atoms with Gasteiger partial charge in [0.1, 0.15) is 0 Å². The van der Waals surface area contributed by atoms with Crippen LogP contribution in [0.5, 0.6) is 0 Å². The highest BCUT2D eigenvalue weighted by Gasteiger charge is 2.12. The molecule has 2 heteroatoms. The van der Waals surface area contributed by atoms with E-state index in [1.54, 1.807) is 0 Å². The number of thioether (sulfide) groups is 1. The van der Waals surface area contributed by atoms with Crippen molar-refractivity contribution in [3.8, 4) is 0 Å². The molecule has 0 aromatic heterocycles. The monoisotopic (exact) mass is 193 g/mol. The van der Waals surface area contributed by atoms with E-state index in [9.17, 15) is 0 Å². The number of rotatable bonds is 1. The van der Waals surface area contributed by atoms with E-state index in [0.717, 1.165) is 6.54 Å². The summed E-state index contributed by atoms with van der Waals surface area (Å²) >= 11 is 2.06. The number of hydrogen-bond acceptors (Lipinski definition) is 2. The van der Waals surface area contributed by atoms with Gasteiger partial charge >= 0.3 is 0 Å². The van der Waals surface area contributed by atoms with Crippen molar-refractivity contribution in [3.63, 3.8) is 0 Å². The molecule has 1 aromatic carbocycles. The molecule has 70 valence electrons. The molecule has 2 rings (SSSR count). The molecule has 0 radical (unpaired) electrons. The fourth-order valence-electron chi connectivity index (χ4n) is 1.61. The van der Waals surface area contributed by atoms with Gasteiger partial charge in [-0.1, -0.05) is 30.3 Å². The first kappa shape index (κ1) is 9.10. The van der Waals surface area contributed by atoms with E-state index in [1.165, 1.54) is 23.5 Å². The minimum absolute atomic E-state index is 0.564. The summed E-state index contributed by atoms with van der Waals surface area (Å²) in [7, 11) is 0. The molecule has 1 aliphatic heterocycles. The van der Waals surface area contributed by atoms with Crippen LogP contribution < -0.4 is 5.32 Å². The Hall–Kier alpha value is -0.470. The van der Waals surface area contributed by atoms with Crippen LogP contribution in [0, 0.1) is 0 Å². The Morgan fingerprint density at radius 3 is 2.92 bits per heavy atom. The predicted octanol–water partition coefficient (Wildman–Crippen LogP) is 2.45. The summed E-state index contributed by atoms with van der Waals surface area (Å²) < 4.78 is 0. The van der Waals surface area contributed by atoms with Gasteiger partial charge in [0.15, 0.2) is 0 Å². The lowest BCUT2D eigenvalue weighted by Gasteiger charge is -2.15. The van der Waals surface area contributed by atoms with Crippen LogP contribution in [0.15, 0.2) is 30.3 Å². The summed E-state index contributed by atoms with van der Waals surface area (Å²) in [5.41, 5.74) is 1.43. The van der Waals surface area contributed by atoms with E-state index in [0.29, 0.717) is 6.04 Å². The van der Waals surface area contributed by atoms with Crippen molar-refractivity contribution in [2.75, 3.05) is 18.1 Å². The van der Waals surface area contributed by atoms with Crippen LogP contribution in [0.25, 0.3) is 0 Å². The zero-order valence-corrected chi connectivity index (χ0v) is 8.52. The average molecular weight is 193 g/mol. The van der Waals surface area contributed by atoms with Crippen LogP contribution >= 0.6 is 11.8 Å². The third-order valence-corrected chi connectivity index (χ3v) is 3.49. The lowest BCUT2D eigenvalue weighted by atomic mass is 10.1. The Bertz CT molecular complexity index is 240. The SMILES string of the molecule is c1ccc(C2CSCCCN2)cc1. The second-order valence-corrected chi connectivity index (χ2v) is 4.50. The number of benzene rings is 1. The highest BCUT2D eigenvalue weighted by atomic mass is 32.2. The normalized spacial score (nSPS) is 23.8. The van der Waals surface area contributed by atoms with Crippen LogP contribution in [-0.2, 0) is 0 Å². The van der Waals surface area contributed by atoms with Gasteiger partial charge in [-0.2, -0.15) is 11.8 Å². The van der Waals surface area contributed by atoms with Gasteiger partial charge in [0.05, 0.1) is 0 Å². The molecule has 1 N–H and O–H groups in total. The average Bonchev–Trinajstić information content (AvgIpc) is 2.47. The molecule has 0 bridgehead atoms. The van der Waals surface area contributed by atoms with E-state index >= 15 is 0 Å². The standard InChI is InChI=1S/C11H15NS/c1-2-5-10(6-3-1)11-9-13-8-4-7-12-11/h1-3,5-6,11-12H,4,7-9H2.